The lowest BCUT2D eigenvalue weighted by Crippen LogP contribution is -1.66. The van der Waals surface area contributed by atoms with Crippen LogP contribution in [-0.4, -0.2) is 0 Å². The standard InChI is InChI=1S/C10H8Cl2/c11-10(12)8-4-7-9-5-2-1-3-6-9/h1-8H. The van der Waals surface area contributed by atoms with E-state index in [1.54, 1.807) is 6.08 Å². The summed E-state index contributed by atoms with van der Waals surface area (Å²) in [6.07, 6.45) is 5.38. The minimum Gasteiger partial charge on any atom is -0.0709 e. The number of allylic oxidation sites excluding steroid dienone is 2. The van der Waals surface area contributed by atoms with Crippen LogP contribution < -0.4 is 0 Å². The summed E-state index contributed by atoms with van der Waals surface area (Å²) < 4.78 is 0.266. The van der Waals surface area contributed by atoms with Crippen molar-refractivity contribution in [2.24, 2.45) is 0 Å². The highest BCUT2D eigenvalue weighted by molar-refractivity contribution is 6.56. The Balaban J connectivity index is 2.64. The minimum absolute atomic E-state index is 0.266. The van der Waals surface area contributed by atoms with Gasteiger partial charge in [0, 0.05) is 0 Å². The van der Waals surface area contributed by atoms with E-state index in [4.69, 9.17) is 23.2 Å². The Labute approximate surface area is 82.1 Å². The van der Waals surface area contributed by atoms with Gasteiger partial charge in [0.05, 0.1) is 0 Å². The van der Waals surface area contributed by atoms with Gasteiger partial charge in [-0.2, -0.15) is 0 Å². The Morgan fingerprint density at radius 3 is 2.33 bits per heavy atom. The first-order valence-corrected chi connectivity index (χ1v) is 4.29. The highest BCUT2D eigenvalue weighted by atomic mass is 35.5. The second-order valence-electron chi connectivity index (χ2n) is 2.23. The predicted molar refractivity (Wildman–Crippen MR) is 55.3 cm³/mol. The van der Waals surface area contributed by atoms with Gasteiger partial charge in [-0.1, -0.05) is 65.7 Å². The fourth-order valence-corrected chi connectivity index (χ4v) is 0.942. The van der Waals surface area contributed by atoms with Crippen LogP contribution in [0.5, 0.6) is 0 Å². The van der Waals surface area contributed by atoms with Crippen molar-refractivity contribution in [2.45, 2.75) is 0 Å². The van der Waals surface area contributed by atoms with E-state index in [0.29, 0.717) is 0 Å². The molecule has 12 heavy (non-hydrogen) atoms. The fraction of sp³-hybridized carbons (Fsp3) is 0. The lowest BCUT2D eigenvalue weighted by atomic mass is 10.2. The van der Waals surface area contributed by atoms with Crippen molar-refractivity contribution in [3.63, 3.8) is 0 Å². The molecule has 0 bridgehead atoms. The largest absolute Gasteiger partial charge is 0.106 e. The third kappa shape index (κ3) is 3.61. The molecule has 2 heteroatoms. The maximum Gasteiger partial charge on any atom is 0.106 e. The molecule has 0 unspecified atom stereocenters. The van der Waals surface area contributed by atoms with Crippen molar-refractivity contribution in [3.05, 3.63) is 52.5 Å². The molecule has 0 atom stereocenters. The maximum absolute atomic E-state index is 5.42. The number of halogens is 2. The molecule has 1 aromatic carbocycles. The summed E-state index contributed by atoms with van der Waals surface area (Å²) in [6.45, 7) is 0. The molecule has 0 spiro atoms. The van der Waals surface area contributed by atoms with Crippen molar-refractivity contribution < 1.29 is 0 Å². The van der Waals surface area contributed by atoms with Gasteiger partial charge in [0.15, 0.2) is 0 Å². The van der Waals surface area contributed by atoms with Gasteiger partial charge in [0.2, 0.25) is 0 Å². The van der Waals surface area contributed by atoms with E-state index >= 15 is 0 Å². The van der Waals surface area contributed by atoms with E-state index in [0.717, 1.165) is 5.56 Å². The van der Waals surface area contributed by atoms with Gasteiger partial charge in [-0.25, -0.2) is 0 Å². The molecule has 62 valence electrons. The first-order valence-electron chi connectivity index (χ1n) is 3.53. The highest BCUT2D eigenvalue weighted by Crippen LogP contribution is 2.07. The van der Waals surface area contributed by atoms with Crippen LogP contribution in [0.25, 0.3) is 6.08 Å². The third-order valence-corrected chi connectivity index (χ3v) is 1.56. The summed E-state index contributed by atoms with van der Waals surface area (Å²) in [5, 5.41) is 0. The second-order valence-corrected chi connectivity index (χ2v) is 3.23. The van der Waals surface area contributed by atoms with Gasteiger partial charge in [-0.05, 0) is 11.6 Å². The van der Waals surface area contributed by atoms with Crippen LogP contribution >= 0.6 is 23.2 Å². The summed E-state index contributed by atoms with van der Waals surface area (Å²) >= 11 is 10.8. The molecular formula is C10H8Cl2. The Kier molecular flexibility index (Phi) is 3.92. The maximum atomic E-state index is 5.42. The Hall–Kier alpha value is -0.720. The van der Waals surface area contributed by atoms with E-state index in [-0.39, 0.29) is 4.49 Å². The molecule has 1 rings (SSSR count). The summed E-state index contributed by atoms with van der Waals surface area (Å²) in [7, 11) is 0. The Bertz CT molecular complexity index is 282. The van der Waals surface area contributed by atoms with Crippen LogP contribution in [0.1, 0.15) is 5.56 Å². The SMILES string of the molecule is ClC(Cl)=CC=Cc1ccccc1. The molecule has 0 saturated heterocycles. The molecule has 0 aromatic heterocycles. The van der Waals surface area contributed by atoms with Gasteiger partial charge in [-0.15, -0.1) is 0 Å². The molecular weight excluding hydrogens is 191 g/mol. The van der Waals surface area contributed by atoms with Crippen molar-refractivity contribution in [1.29, 1.82) is 0 Å². The second kappa shape index (κ2) is 5.02. The van der Waals surface area contributed by atoms with E-state index in [9.17, 15) is 0 Å². The highest BCUT2D eigenvalue weighted by Gasteiger charge is 1.81. The average molecular weight is 199 g/mol. The predicted octanol–water partition coefficient (Wildman–Crippen LogP) is 4.02. The summed E-state index contributed by atoms with van der Waals surface area (Å²) in [4.78, 5) is 0. The first-order chi connectivity index (χ1) is 5.79. The minimum atomic E-state index is 0.266. The lowest BCUT2D eigenvalue weighted by molar-refractivity contribution is 1.66. The van der Waals surface area contributed by atoms with Crippen molar-refractivity contribution >= 4 is 29.3 Å². The smallest absolute Gasteiger partial charge is 0.0709 e. The van der Waals surface area contributed by atoms with Crippen LogP contribution in [-0.2, 0) is 0 Å². The van der Waals surface area contributed by atoms with E-state index in [1.165, 1.54) is 0 Å². The molecule has 0 nitrogen and oxygen atoms in total. The molecule has 0 heterocycles. The molecule has 0 N–H and O–H groups in total. The molecule has 0 aliphatic rings. The molecule has 1 aromatic rings. The summed E-state index contributed by atoms with van der Waals surface area (Å²) in [6, 6.07) is 9.94. The van der Waals surface area contributed by atoms with Crippen molar-refractivity contribution in [2.75, 3.05) is 0 Å². The first kappa shape index (κ1) is 9.37. The average Bonchev–Trinajstić information content (AvgIpc) is 2.05. The number of rotatable bonds is 2. The normalized spacial score (nSPS) is 10.2. The number of benzene rings is 1. The monoisotopic (exact) mass is 198 g/mol. The van der Waals surface area contributed by atoms with Gasteiger partial charge in [0.1, 0.15) is 4.49 Å². The van der Waals surface area contributed by atoms with Crippen LogP contribution in [0.15, 0.2) is 47.0 Å². The molecule has 0 aliphatic heterocycles. The molecule has 0 fully saturated rings. The molecule has 0 saturated carbocycles. The lowest BCUT2D eigenvalue weighted by Gasteiger charge is -1.88. The topological polar surface area (TPSA) is 0 Å². The van der Waals surface area contributed by atoms with E-state index in [2.05, 4.69) is 0 Å². The third-order valence-electron chi connectivity index (χ3n) is 1.31. The van der Waals surface area contributed by atoms with Gasteiger partial charge in [-0.3, -0.25) is 0 Å². The fourth-order valence-electron chi connectivity index (χ4n) is 0.796. The Morgan fingerprint density at radius 1 is 1.08 bits per heavy atom. The van der Waals surface area contributed by atoms with Gasteiger partial charge in [0.25, 0.3) is 0 Å². The van der Waals surface area contributed by atoms with Crippen LogP contribution in [0.4, 0.5) is 0 Å². The Morgan fingerprint density at radius 2 is 1.75 bits per heavy atom. The zero-order chi connectivity index (χ0) is 8.81. The van der Waals surface area contributed by atoms with Gasteiger partial charge < -0.3 is 0 Å². The van der Waals surface area contributed by atoms with Crippen LogP contribution in [0, 0.1) is 0 Å². The summed E-state index contributed by atoms with van der Waals surface area (Å²) in [5.74, 6) is 0. The summed E-state index contributed by atoms with van der Waals surface area (Å²) in [5.41, 5.74) is 1.13. The zero-order valence-corrected chi connectivity index (χ0v) is 7.89. The van der Waals surface area contributed by atoms with E-state index < -0.39 is 0 Å². The van der Waals surface area contributed by atoms with Crippen LogP contribution in [0.2, 0.25) is 0 Å². The van der Waals surface area contributed by atoms with Gasteiger partial charge >= 0.3 is 0 Å². The number of hydrogen-bond donors (Lipinski definition) is 0. The van der Waals surface area contributed by atoms with Crippen molar-refractivity contribution in [3.8, 4) is 0 Å². The number of hydrogen-bond acceptors (Lipinski definition) is 0. The zero-order valence-electron chi connectivity index (χ0n) is 6.37. The molecule has 0 amide bonds. The van der Waals surface area contributed by atoms with E-state index in [1.807, 2.05) is 42.5 Å². The quantitative estimate of drug-likeness (QED) is 0.631. The molecule has 0 radical (unpaired) electrons. The van der Waals surface area contributed by atoms with Crippen LogP contribution in [0.3, 0.4) is 0 Å². The van der Waals surface area contributed by atoms with Crippen molar-refractivity contribution in [1.82, 2.24) is 0 Å². The molecule has 0 aliphatic carbocycles.